The molecule has 0 saturated heterocycles. The van der Waals surface area contributed by atoms with Gasteiger partial charge in [0.1, 0.15) is 13.0 Å². The van der Waals surface area contributed by atoms with Gasteiger partial charge in [-0.1, -0.05) is 31.2 Å². The molecule has 0 bridgehead atoms. The summed E-state index contributed by atoms with van der Waals surface area (Å²) in [5.41, 5.74) is 2.65. The summed E-state index contributed by atoms with van der Waals surface area (Å²) in [7, 11) is 1.31. The molecule has 2 rings (SSSR count). The Balaban J connectivity index is 2.23. The van der Waals surface area contributed by atoms with Crippen molar-refractivity contribution in [2.75, 3.05) is 0 Å². The predicted octanol–water partition coefficient (Wildman–Crippen LogP) is 1.93. The van der Waals surface area contributed by atoms with Crippen molar-refractivity contribution in [2.24, 2.45) is 0 Å². The van der Waals surface area contributed by atoms with Gasteiger partial charge >= 0.3 is 0 Å². The molecule has 1 aliphatic heterocycles. The van der Waals surface area contributed by atoms with Crippen molar-refractivity contribution in [1.82, 2.24) is 5.16 Å². The third-order valence-corrected chi connectivity index (χ3v) is 2.77. The Morgan fingerprint density at radius 2 is 2.46 bits per heavy atom. The zero-order chi connectivity index (χ0) is 9.10. The molecule has 13 heavy (non-hydrogen) atoms. The van der Waals surface area contributed by atoms with Crippen molar-refractivity contribution in [3.05, 3.63) is 17.0 Å². The Hall–Kier alpha value is -0.725. The van der Waals surface area contributed by atoms with Crippen LogP contribution in [0.1, 0.15) is 36.8 Å². The molecule has 1 aliphatic rings. The van der Waals surface area contributed by atoms with Gasteiger partial charge < -0.3 is 4.52 Å². The fourth-order valence-corrected chi connectivity index (χ4v) is 2.06. The van der Waals surface area contributed by atoms with Crippen LogP contribution in [-0.4, -0.2) is 12.4 Å². The van der Waals surface area contributed by atoms with Crippen LogP contribution in [0.5, 0.6) is 0 Å². The SMILES string of the molecule is CCCc1noc2c1CBCCC2. The Kier molecular flexibility index (Phi) is 2.72. The maximum atomic E-state index is 5.37. The minimum absolute atomic E-state index is 1.08. The number of hydrogen-bond acceptors (Lipinski definition) is 2. The monoisotopic (exact) mass is 177 g/mol. The van der Waals surface area contributed by atoms with Crippen LogP contribution in [0.2, 0.25) is 6.32 Å². The van der Waals surface area contributed by atoms with Gasteiger partial charge in [0.2, 0.25) is 0 Å². The van der Waals surface area contributed by atoms with Gasteiger partial charge in [-0.15, -0.1) is 0 Å². The molecule has 3 heteroatoms. The highest BCUT2D eigenvalue weighted by Crippen LogP contribution is 2.21. The van der Waals surface area contributed by atoms with E-state index in [2.05, 4.69) is 12.1 Å². The van der Waals surface area contributed by atoms with Crippen LogP contribution in [0.3, 0.4) is 0 Å². The van der Waals surface area contributed by atoms with Gasteiger partial charge in [0.15, 0.2) is 0 Å². The predicted molar refractivity (Wildman–Crippen MR) is 54.5 cm³/mol. The maximum Gasteiger partial charge on any atom is 0.139 e. The first-order valence-corrected chi connectivity index (χ1v) is 5.38. The third-order valence-electron chi connectivity index (χ3n) is 2.77. The van der Waals surface area contributed by atoms with Crippen molar-refractivity contribution >= 4 is 7.28 Å². The van der Waals surface area contributed by atoms with Gasteiger partial charge in [0, 0.05) is 12.0 Å². The molecule has 2 heterocycles. The summed E-state index contributed by atoms with van der Waals surface area (Å²) in [6.07, 6.45) is 7.15. The summed E-state index contributed by atoms with van der Waals surface area (Å²) in [5.74, 6) is 1.17. The average Bonchev–Trinajstić information content (AvgIpc) is 2.38. The Labute approximate surface area is 79.9 Å². The van der Waals surface area contributed by atoms with E-state index in [0.29, 0.717) is 0 Å². The third kappa shape index (κ3) is 1.79. The number of hydrogen-bond donors (Lipinski definition) is 0. The highest BCUT2D eigenvalue weighted by atomic mass is 16.5. The molecule has 0 unspecified atom stereocenters. The normalized spacial score (nSPS) is 16.1. The van der Waals surface area contributed by atoms with E-state index in [1.807, 2.05) is 0 Å². The van der Waals surface area contributed by atoms with Gasteiger partial charge in [-0.3, -0.25) is 0 Å². The van der Waals surface area contributed by atoms with E-state index < -0.39 is 0 Å². The first-order valence-electron chi connectivity index (χ1n) is 5.38. The summed E-state index contributed by atoms with van der Waals surface area (Å²) in [5, 5.41) is 4.15. The lowest BCUT2D eigenvalue weighted by atomic mass is 9.69. The van der Waals surface area contributed by atoms with Gasteiger partial charge in [0.05, 0.1) is 5.69 Å². The van der Waals surface area contributed by atoms with Gasteiger partial charge in [0.25, 0.3) is 0 Å². The van der Waals surface area contributed by atoms with Crippen LogP contribution in [0.15, 0.2) is 4.52 Å². The van der Waals surface area contributed by atoms with Crippen molar-refractivity contribution in [3.8, 4) is 0 Å². The standard InChI is InChI=1S/C10H16BNO/c1-2-4-9-8-7-11-6-3-5-10(8)13-12-9/h11H,2-7H2,1H3. The lowest BCUT2D eigenvalue weighted by molar-refractivity contribution is 0.375. The summed E-state index contributed by atoms with van der Waals surface area (Å²) in [6.45, 7) is 2.19. The number of aryl methyl sites for hydroxylation is 2. The molecule has 0 aliphatic carbocycles. The van der Waals surface area contributed by atoms with E-state index in [1.54, 1.807) is 0 Å². The molecule has 0 atom stereocenters. The molecular formula is C10H16BNO. The fourth-order valence-electron chi connectivity index (χ4n) is 2.06. The molecule has 0 saturated carbocycles. The van der Waals surface area contributed by atoms with E-state index >= 15 is 0 Å². The molecule has 0 amide bonds. The van der Waals surface area contributed by atoms with Crippen molar-refractivity contribution in [1.29, 1.82) is 0 Å². The molecule has 0 radical (unpaired) electrons. The van der Waals surface area contributed by atoms with Crippen molar-refractivity contribution in [2.45, 2.75) is 45.2 Å². The summed E-state index contributed by atoms with van der Waals surface area (Å²) in [4.78, 5) is 0. The smallest absolute Gasteiger partial charge is 0.139 e. The highest BCUT2D eigenvalue weighted by molar-refractivity contribution is 6.35. The molecule has 0 spiro atoms. The van der Waals surface area contributed by atoms with E-state index in [4.69, 9.17) is 4.52 Å². The lowest BCUT2D eigenvalue weighted by Crippen LogP contribution is -1.97. The molecule has 70 valence electrons. The van der Waals surface area contributed by atoms with Crippen LogP contribution in [-0.2, 0) is 19.2 Å². The van der Waals surface area contributed by atoms with E-state index in [-0.39, 0.29) is 0 Å². The van der Waals surface area contributed by atoms with Gasteiger partial charge in [-0.2, -0.15) is 0 Å². The topological polar surface area (TPSA) is 26.0 Å². The number of aromatic nitrogens is 1. The van der Waals surface area contributed by atoms with Crippen LogP contribution in [0.25, 0.3) is 0 Å². The molecule has 1 aromatic rings. The lowest BCUT2D eigenvalue weighted by Gasteiger charge is -1.96. The Bertz CT molecular complexity index is 282. The van der Waals surface area contributed by atoms with Crippen LogP contribution in [0.4, 0.5) is 0 Å². The molecule has 0 aromatic carbocycles. The van der Waals surface area contributed by atoms with E-state index in [9.17, 15) is 0 Å². The van der Waals surface area contributed by atoms with Crippen LogP contribution in [0, 0.1) is 0 Å². The number of rotatable bonds is 2. The van der Waals surface area contributed by atoms with E-state index in [1.165, 1.54) is 49.8 Å². The summed E-state index contributed by atoms with van der Waals surface area (Å²) < 4.78 is 5.37. The second-order valence-corrected chi connectivity index (χ2v) is 3.84. The van der Waals surface area contributed by atoms with Gasteiger partial charge in [-0.25, -0.2) is 0 Å². The zero-order valence-corrected chi connectivity index (χ0v) is 8.31. The van der Waals surface area contributed by atoms with E-state index in [0.717, 1.165) is 12.8 Å². The van der Waals surface area contributed by atoms with Gasteiger partial charge in [-0.05, 0) is 12.7 Å². The molecule has 1 aromatic heterocycles. The number of nitrogens with zero attached hydrogens (tertiary/aromatic N) is 1. The quantitative estimate of drug-likeness (QED) is 0.645. The highest BCUT2D eigenvalue weighted by Gasteiger charge is 2.17. The Morgan fingerprint density at radius 1 is 1.54 bits per heavy atom. The number of fused-ring (bicyclic) bond motifs is 1. The second-order valence-electron chi connectivity index (χ2n) is 3.84. The molecule has 2 nitrogen and oxygen atoms in total. The summed E-state index contributed by atoms with van der Waals surface area (Å²) in [6, 6.07) is 0. The molecular weight excluding hydrogens is 161 g/mol. The minimum atomic E-state index is 1.08. The average molecular weight is 177 g/mol. The first-order chi connectivity index (χ1) is 6.42. The molecule has 0 fully saturated rings. The molecule has 0 N–H and O–H groups in total. The van der Waals surface area contributed by atoms with Crippen molar-refractivity contribution < 1.29 is 4.52 Å². The first kappa shape index (κ1) is 8.85. The zero-order valence-electron chi connectivity index (χ0n) is 8.31. The minimum Gasteiger partial charge on any atom is -0.361 e. The maximum absolute atomic E-state index is 5.37. The Morgan fingerprint density at radius 3 is 3.31 bits per heavy atom. The van der Waals surface area contributed by atoms with Crippen LogP contribution < -0.4 is 0 Å². The fraction of sp³-hybridized carbons (Fsp3) is 0.700. The van der Waals surface area contributed by atoms with Crippen molar-refractivity contribution in [3.63, 3.8) is 0 Å². The summed E-state index contributed by atoms with van der Waals surface area (Å²) >= 11 is 0. The van der Waals surface area contributed by atoms with Crippen LogP contribution >= 0.6 is 0 Å². The largest absolute Gasteiger partial charge is 0.361 e. The second kappa shape index (κ2) is 3.99.